The summed E-state index contributed by atoms with van der Waals surface area (Å²) in [5.41, 5.74) is 0. The molecule has 4 saturated heterocycles. The lowest BCUT2D eigenvalue weighted by Gasteiger charge is -2.69. The molecular formula is C16H21O3P. The van der Waals surface area contributed by atoms with E-state index in [0.717, 1.165) is 12.8 Å². The maximum atomic E-state index is 6.42. The van der Waals surface area contributed by atoms with E-state index in [1.807, 2.05) is 0 Å². The molecule has 0 radical (unpaired) electrons. The Hall–Kier alpha value is -0.470. The molecule has 4 heteroatoms. The Kier molecular flexibility index (Phi) is 2.41. The van der Waals surface area contributed by atoms with Crippen molar-refractivity contribution in [3.63, 3.8) is 0 Å². The van der Waals surface area contributed by atoms with Gasteiger partial charge in [0.05, 0.1) is 10.7 Å². The van der Waals surface area contributed by atoms with Crippen molar-refractivity contribution in [2.24, 2.45) is 0 Å². The summed E-state index contributed by atoms with van der Waals surface area (Å²) in [4.78, 5) is 0. The summed E-state index contributed by atoms with van der Waals surface area (Å²) < 4.78 is 18.9. The number of hydrogen-bond acceptors (Lipinski definition) is 3. The summed E-state index contributed by atoms with van der Waals surface area (Å²) in [5, 5.41) is 1.01. The van der Waals surface area contributed by atoms with E-state index in [2.05, 4.69) is 58.0 Å². The minimum Gasteiger partial charge on any atom is -0.339 e. The zero-order chi connectivity index (χ0) is 14.2. The molecular weight excluding hydrogens is 271 g/mol. The van der Waals surface area contributed by atoms with E-state index in [0.29, 0.717) is 0 Å². The highest BCUT2D eigenvalue weighted by Gasteiger charge is 2.71. The molecule has 20 heavy (non-hydrogen) atoms. The Morgan fingerprint density at radius 1 is 0.800 bits per heavy atom. The van der Waals surface area contributed by atoms with Crippen LogP contribution in [0.3, 0.4) is 0 Å². The first kappa shape index (κ1) is 13.2. The molecule has 4 heterocycles. The van der Waals surface area contributed by atoms with E-state index in [1.165, 1.54) is 5.30 Å². The highest BCUT2D eigenvalue weighted by atomic mass is 31.1. The van der Waals surface area contributed by atoms with Gasteiger partial charge in [0, 0.05) is 12.8 Å². The number of rotatable bonds is 1. The molecule has 5 atom stereocenters. The van der Waals surface area contributed by atoms with Gasteiger partial charge in [0.2, 0.25) is 0 Å². The van der Waals surface area contributed by atoms with E-state index < -0.39 is 19.5 Å². The van der Waals surface area contributed by atoms with Gasteiger partial charge in [-0.3, -0.25) is 0 Å². The molecule has 0 spiro atoms. The van der Waals surface area contributed by atoms with E-state index in [9.17, 15) is 0 Å². The third kappa shape index (κ3) is 1.67. The maximum absolute atomic E-state index is 6.42. The third-order valence-corrected chi connectivity index (χ3v) is 7.77. The fraction of sp³-hybridized carbons (Fsp3) is 0.625. The fourth-order valence-corrected chi connectivity index (χ4v) is 8.73. The second kappa shape index (κ2) is 3.64. The predicted octanol–water partition coefficient (Wildman–Crippen LogP) is 3.53. The van der Waals surface area contributed by atoms with E-state index in [4.69, 9.17) is 14.2 Å². The van der Waals surface area contributed by atoms with Crippen LogP contribution in [0.15, 0.2) is 30.3 Å². The van der Waals surface area contributed by atoms with Gasteiger partial charge >= 0.3 is 0 Å². The van der Waals surface area contributed by atoms with Crippen LogP contribution in [0.4, 0.5) is 0 Å². The van der Waals surface area contributed by atoms with Crippen LogP contribution < -0.4 is 5.30 Å². The number of ether oxygens (including phenoxy) is 3. The minimum absolute atomic E-state index is 0.177. The first-order valence-corrected chi connectivity index (χ1v) is 8.56. The summed E-state index contributed by atoms with van der Waals surface area (Å²) in [7, 11) is -0.553. The first-order chi connectivity index (χ1) is 9.26. The maximum Gasteiger partial charge on any atom is 0.173 e. The molecule has 0 N–H and O–H groups in total. The van der Waals surface area contributed by atoms with Gasteiger partial charge in [-0.1, -0.05) is 30.3 Å². The monoisotopic (exact) mass is 292 g/mol. The standard InChI is InChI=1S/C16H21O3P/c1-13-10-15(3)19-14(2,17-13)11-16(4,18-13)20(15)12-8-6-5-7-9-12/h5-9H,10-11H2,1-4H3/t13-,14?,15?,16-,20?/m0/s1. The summed E-state index contributed by atoms with van der Waals surface area (Å²) in [6.07, 6.45) is 1.59. The van der Waals surface area contributed by atoms with Crippen LogP contribution in [-0.2, 0) is 14.2 Å². The van der Waals surface area contributed by atoms with Crippen molar-refractivity contribution in [1.29, 1.82) is 0 Å². The molecule has 4 aliphatic heterocycles. The SMILES string of the molecule is CC12C[C@@]3(C)O[C@@](C)(CC(C)(O1)P3c1ccccc1)O2. The molecule has 0 amide bonds. The highest BCUT2D eigenvalue weighted by Crippen LogP contribution is 2.75. The van der Waals surface area contributed by atoms with Crippen LogP contribution in [0, 0.1) is 0 Å². The Morgan fingerprint density at radius 2 is 1.30 bits per heavy atom. The number of benzene rings is 1. The van der Waals surface area contributed by atoms with Gasteiger partial charge in [-0.15, -0.1) is 0 Å². The van der Waals surface area contributed by atoms with Gasteiger partial charge in [-0.2, -0.15) is 0 Å². The molecule has 0 saturated carbocycles. The first-order valence-electron chi connectivity index (χ1n) is 7.22. The zero-order valence-corrected chi connectivity index (χ0v) is 13.4. The molecule has 1 aromatic carbocycles. The van der Waals surface area contributed by atoms with Crippen molar-refractivity contribution in [3.8, 4) is 0 Å². The van der Waals surface area contributed by atoms with Gasteiger partial charge < -0.3 is 14.2 Å². The Morgan fingerprint density at radius 3 is 1.80 bits per heavy atom. The van der Waals surface area contributed by atoms with E-state index in [-0.39, 0.29) is 10.7 Å². The molecule has 4 aliphatic rings. The smallest absolute Gasteiger partial charge is 0.173 e. The highest BCUT2D eigenvalue weighted by molar-refractivity contribution is 7.68. The second-order valence-corrected chi connectivity index (χ2v) is 10.0. The normalized spacial score (nSPS) is 53.3. The average molecular weight is 292 g/mol. The van der Waals surface area contributed by atoms with Crippen molar-refractivity contribution in [2.45, 2.75) is 62.8 Å². The Balaban J connectivity index is 1.87. The topological polar surface area (TPSA) is 27.7 Å². The molecule has 4 fully saturated rings. The molecule has 0 aliphatic carbocycles. The summed E-state index contributed by atoms with van der Waals surface area (Å²) in [6.45, 7) is 8.59. The zero-order valence-electron chi connectivity index (χ0n) is 12.5. The molecule has 0 aromatic heterocycles. The van der Waals surface area contributed by atoms with Crippen LogP contribution in [0.25, 0.3) is 0 Å². The summed E-state index contributed by atoms with van der Waals surface area (Å²) in [5.74, 6) is -1.02. The van der Waals surface area contributed by atoms with Crippen molar-refractivity contribution >= 4 is 13.2 Å². The number of hydrogen-bond donors (Lipinski definition) is 0. The predicted molar refractivity (Wildman–Crippen MR) is 79.1 cm³/mol. The van der Waals surface area contributed by atoms with Gasteiger partial charge in [-0.25, -0.2) is 0 Å². The van der Waals surface area contributed by atoms with Crippen LogP contribution in [0.1, 0.15) is 40.5 Å². The second-order valence-electron chi connectivity index (χ2n) is 6.95. The summed E-state index contributed by atoms with van der Waals surface area (Å²) >= 11 is 0. The van der Waals surface area contributed by atoms with Crippen LogP contribution >= 0.6 is 7.92 Å². The lowest BCUT2D eigenvalue weighted by molar-refractivity contribution is -0.467. The van der Waals surface area contributed by atoms with Gasteiger partial charge in [-0.05, 0) is 40.9 Å². The average Bonchev–Trinajstić information content (AvgIpc) is 2.22. The van der Waals surface area contributed by atoms with Gasteiger partial charge in [0.25, 0.3) is 0 Å². The Bertz CT molecular complexity index is 514. The Labute approximate surface area is 121 Å². The van der Waals surface area contributed by atoms with E-state index in [1.54, 1.807) is 0 Å². The molecule has 1 aromatic rings. The molecule has 5 rings (SSSR count). The molecule has 4 bridgehead atoms. The third-order valence-electron chi connectivity index (χ3n) is 4.56. The van der Waals surface area contributed by atoms with Crippen molar-refractivity contribution in [2.75, 3.05) is 0 Å². The van der Waals surface area contributed by atoms with Crippen molar-refractivity contribution in [3.05, 3.63) is 30.3 Å². The lowest BCUT2D eigenvalue weighted by Crippen LogP contribution is -2.72. The summed E-state index contributed by atoms with van der Waals surface area (Å²) in [6, 6.07) is 10.7. The van der Waals surface area contributed by atoms with Gasteiger partial charge in [0.1, 0.15) is 0 Å². The lowest BCUT2D eigenvalue weighted by atomic mass is 9.98. The van der Waals surface area contributed by atoms with Gasteiger partial charge in [0.15, 0.2) is 11.6 Å². The largest absolute Gasteiger partial charge is 0.339 e. The molecule has 108 valence electrons. The van der Waals surface area contributed by atoms with Crippen LogP contribution in [-0.4, -0.2) is 22.3 Å². The van der Waals surface area contributed by atoms with E-state index >= 15 is 0 Å². The van der Waals surface area contributed by atoms with Crippen LogP contribution in [0.2, 0.25) is 0 Å². The molecule has 3 unspecified atom stereocenters. The fourth-order valence-electron chi connectivity index (χ4n) is 4.71. The molecule has 3 nitrogen and oxygen atoms in total. The van der Waals surface area contributed by atoms with Crippen molar-refractivity contribution < 1.29 is 14.2 Å². The minimum atomic E-state index is -0.553. The van der Waals surface area contributed by atoms with Crippen LogP contribution in [0.5, 0.6) is 0 Å². The quantitative estimate of drug-likeness (QED) is 0.741. The van der Waals surface area contributed by atoms with Crippen molar-refractivity contribution in [1.82, 2.24) is 0 Å².